The van der Waals surface area contributed by atoms with Crippen molar-refractivity contribution in [1.82, 2.24) is 14.6 Å². The molecule has 0 atom stereocenters. The van der Waals surface area contributed by atoms with Crippen LogP contribution in [0.3, 0.4) is 0 Å². The fraction of sp³-hybridized carbons (Fsp3) is 0.167. The molecule has 0 aliphatic carbocycles. The van der Waals surface area contributed by atoms with E-state index in [-0.39, 0.29) is 12.4 Å². The summed E-state index contributed by atoms with van der Waals surface area (Å²) in [5, 5.41) is 8.44. The normalized spacial score (nSPS) is 12.5. The Bertz CT molecular complexity index is 1280. The molecule has 1 aliphatic heterocycles. The van der Waals surface area contributed by atoms with Crippen molar-refractivity contribution in [1.29, 1.82) is 0 Å². The van der Waals surface area contributed by atoms with Gasteiger partial charge in [-0.15, -0.1) is 5.10 Å². The van der Waals surface area contributed by atoms with Gasteiger partial charge >= 0.3 is 0 Å². The zero-order valence-corrected chi connectivity index (χ0v) is 15.7. The average molecular weight is 398 g/mol. The molecule has 142 valence electrons. The zero-order chi connectivity index (χ0) is 19.3. The maximum atomic E-state index is 12.9. The van der Waals surface area contributed by atoms with E-state index in [4.69, 9.17) is 18.9 Å². The number of hydrogen-bond donors (Lipinski definition) is 1. The Hall–Kier alpha value is -3.53. The SMILES string of the molecule is COc1ccc(OC)c(Nc2nn3c(=O)c4cc5c(cc4nc3s2)OCO5)c1. The standard InChI is InChI=1S/C18H14N4O5S/c1-24-9-3-4-13(25-2)12(5-9)19-17-21-22-16(23)10-6-14-15(27-8-26-14)7-11(10)20-18(22)28-17/h3-7H,8H2,1-2H3,(H,19,21). The molecule has 2 aromatic carbocycles. The maximum absolute atomic E-state index is 12.9. The van der Waals surface area contributed by atoms with Crippen molar-refractivity contribution in [3.8, 4) is 23.0 Å². The summed E-state index contributed by atoms with van der Waals surface area (Å²) in [5.41, 5.74) is 0.919. The number of methoxy groups -OCH3 is 2. The lowest BCUT2D eigenvalue weighted by Gasteiger charge is -2.10. The number of rotatable bonds is 4. The molecule has 1 aliphatic rings. The molecule has 0 spiro atoms. The van der Waals surface area contributed by atoms with Gasteiger partial charge < -0.3 is 24.3 Å². The molecular weight excluding hydrogens is 384 g/mol. The molecule has 3 heterocycles. The second-order valence-corrected chi connectivity index (χ2v) is 6.89. The molecule has 9 nitrogen and oxygen atoms in total. The second kappa shape index (κ2) is 6.27. The van der Waals surface area contributed by atoms with Crippen LogP contribution in [0.5, 0.6) is 23.0 Å². The second-order valence-electron chi connectivity index (χ2n) is 5.93. The first-order valence-corrected chi connectivity index (χ1v) is 9.10. The van der Waals surface area contributed by atoms with Crippen LogP contribution in [0, 0.1) is 0 Å². The first-order chi connectivity index (χ1) is 13.7. The fourth-order valence-electron chi connectivity index (χ4n) is 2.98. The molecule has 2 aromatic heterocycles. The van der Waals surface area contributed by atoms with Gasteiger partial charge in [-0.2, -0.15) is 4.52 Å². The molecule has 0 fully saturated rings. The monoisotopic (exact) mass is 398 g/mol. The van der Waals surface area contributed by atoms with Crippen molar-refractivity contribution < 1.29 is 18.9 Å². The third-order valence-corrected chi connectivity index (χ3v) is 5.16. The van der Waals surface area contributed by atoms with Gasteiger partial charge in [0.1, 0.15) is 11.5 Å². The minimum absolute atomic E-state index is 0.135. The molecule has 0 saturated carbocycles. The minimum Gasteiger partial charge on any atom is -0.497 e. The molecule has 28 heavy (non-hydrogen) atoms. The van der Waals surface area contributed by atoms with E-state index >= 15 is 0 Å². The van der Waals surface area contributed by atoms with Gasteiger partial charge in [-0.25, -0.2) is 4.98 Å². The number of anilines is 2. The highest BCUT2D eigenvalue weighted by Gasteiger charge is 2.19. The molecule has 0 saturated heterocycles. The molecular formula is C18H14N4O5S. The molecule has 0 amide bonds. The predicted molar refractivity (Wildman–Crippen MR) is 104 cm³/mol. The highest BCUT2D eigenvalue weighted by molar-refractivity contribution is 7.20. The van der Waals surface area contributed by atoms with E-state index in [9.17, 15) is 4.79 Å². The molecule has 4 aromatic rings. The Balaban J connectivity index is 1.62. The van der Waals surface area contributed by atoms with Crippen LogP contribution >= 0.6 is 11.3 Å². The van der Waals surface area contributed by atoms with Crippen molar-refractivity contribution in [2.24, 2.45) is 0 Å². The van der Waals surface area contributed by atoms with E-state index < -0.39 is 0 Å². The van der Waals surface area contributed by atoms with Gasteiger partial charge in [0.15, 0.2) is 11.5 Å². The highest BCUT2D eigenvalue weighted by atomic mass is 32.1. The van der Waals surface area contributed by atoms with E-state index in [0.717, 1.165) is 0 Å². The van der Waals surface area contributed by atoms with Crippen LogP contribution in [0.2, 0.25) is 0 Å². The fourth-order valence-corrected chi connectivity index (χ4v) is 3.79. The Morgan fingerprint density at radius 2 is 1.96 bits per heavy atom. The number of nitrogens with one attached hydrogen (secondary N) is 1. The summed E-state index contributed by atoms with van der Waals surface area (Å²) >= 11 is 1.25. The van der Waals surface area contributed by atoms with Crippen molar-refractivity contribution in [2.45, 2.75) is 0 Å². The van der Waals surface area contributed by atoms with Crippen LogP contribution in [0.25, 0.3) is 15.9 Å². The van der Waals surface area contributed by atoms with Gasteiger partial charge in [0.05, 0.1) is 30.8 Å². The lowest BCUT2D eigenvalue weighted by molar-refractivity contribution is 0.174. The first-order valence-electron chi connectivity index (χ1n) is 8.28. The largest absolute Gasteiger partial charge is 0.497 e. The van der Waals surface area contributed by atoms with Crippen LogP contribution in [-0.4, -0.2) is 35.6 Å². The summed E-state index contributed by atoms with van der Waals surface area (Å²) in [6.07, 6.45) is 0. The lowest BCUT2D eigenvalue weighted by atomic mass is 10.2. The lowest BCUT2D eigenvalue weighted by Crippen LogP contribution is -2.15. The number of benzene rings is 2. The van der Waals surface area contributed by atoms with Crippen molar-refractivity contribution in [3.63, 3.8) is 0 Å². The number of nitrogens with zero attached hydrogens (tertiary/aromatic N) is 3. The third kappa shape index (κ3) is 2.57. The summed E-state index contributed by atoms with van der Waals surface area (Å²) in [6.45, 7) is 0.135. The van der Waals surface area contributed by atoms with Gasteiger partial charge in [0.2, 0.25) is 16.9 Å². The van der Waals surface area contributed by atoms with Crippen molar-refractivity contribution >= 4 is 38.0 Å². The van der Waals surface area contributed by atoms with Gasteiger partial charge in [-0.1, -0.05) is 11.3 Å². The van der Waals surface area contributed by atoms with Crippen LogP contribution in [0.4, 0.5) is 10.8 Å². The Morgan fingerprint density at radius 1 is 1.14 bits per heavy atom. The van der Waals surface area contributed by atoms with Crippen LogP contribution in [-0.2, 0) is 0 Å². The summed E-state index contributed by atoms with van der Waals surface area (Å²) in [4.78, 5) is 17.9. The van der Waals surface area contributed by atoms with Crippen LogP contribution < -0.4 is 29.8 Å². The van der Waals surface area contributed by atoms with Crippen molar-refractivity contribution in [2.75, 3.05) is 26.3 Å². The van der Waals surface area contributed by atoms with Crippen molar-refractivity contribution in [3.05, 3.63) is 40.7 Å². The van der Waals surface area contributed by atoms with E-state index in [1.165, 1.54) is 15.9 Å². The molecule has 0 unspecified atom stereocenters. The molecule has 0 radical (unpaired) electrons. The van der Waals surface area contributed by atoms with Gasteiger partial charge in [-0.05, 0) is 18.2 Å². The summed E-state index contributed by atoms with van der Waals surface area (Å²) < 4.78 is 22.6. The Morgan fingerprint density at radius 3 is 2.75 bits per heavy atom. The van der Waals surface area contributed by atoms with E-state index in [1.54, 1.807) is 44.6 Å². The number of aromatic nitrogens is 3. The Labute approximate surface area is 162 Å². The first kappa shape index (κ1) is 16.6. The molecule has 1 N–H and O–H groups in total. The molecule has 0 bridgehead atoms. The van der Waals surface area contributed by atoms with Crippen LogP contribution in [0.1, 0.15) is 0 Å². The van der Waals surface area contributed by atoms with Crippen LogP contribution in [0.15, 0.2) is 35.1 Å². The predicted octanol–water partition coefficient (Wildman–Crippen LogP) is 2.79. The van der Waals surface area contributed by atoms with E-state index in [1.807, 2.05) is 0 Å². The smallest absolute Gasteiger partial charge is 0.283 e. The third-order valence-electron chi connectivity index (χ3n) is 4.34. The van der Waals surface area contributed by atoms with Gasteiger partial charge in [0, 0.05) is 12.1 Å². The van der Waals surface area contributed by atoms with Gasteiger partial charge in [0.25, 0.3) is 5.56 Å². The maximum Gasteiger partial charge on any atom is 0.283 e. The summed E-state index contributed by atoms with van der Waals surface area (Å²) in [6, 6.07) is 8.71. The highest BCUT2D eigenvalue weighted by Crippen LogP contribution is 2.36. The molecule has 5 rings (SSSR count). The topological polar surface area (TPSA) is 96.2 Å². The summed E-state index contributed by atoms with van der Waals surface area (Å²) in [7, 11) is 3.16. The average Bonchev–Trinajstić information content (AvgIpc) is 3.33. The van der Waals surface area contributed by atoms with Gasteiger partial charge in [-0.3, -0.25) is 4.79 Å². The van der Waals surface area contributed by atoms with E-state index in [2.05, 4.69) is 15.4 Å². The molecule has 10 heteroatoms. The summed E-state index contributed by atoms with van der Waals surface area (Å²) in [5.74, 6) is 2.39. The van der Waals surface area contributed by atoms with E-state index in [0.29, 0.717) is 49.7 Å². The number of hydrogen-bond acceptors (Lipinski definition) is 9. The zero-order valence-electron chi connectivity index (χ0n) is 14.9. The quantitative estimate of drug-likeness (QED) is 0.561. The number of ether oxygens (including phenoxy) is 4. The number of fused-ring (bicyclic) bond motifs is 3. The Kier molecular flexibility index (Phi) is 3.72. The minimum atomic E-state index is -0.278.